The number of aliphatic hydroxyl groups is 2. The first-order chi connectivity index (χ1) is 12.0. The van der Waals surface area contributed by atoms with Crippen molar-refractivity contribution in [3.05, 3.63) is 47.5 Å². The molecule has 6 heteroatoms. The summed E-state index contributed by atoms with van der Waals surface area (Å²) in [5.74, 6) is 2.33. The maximum Gasteiger partial charge on any atom is 0.160 e. The lowest BCUT2D eigenvalue weighted by Crippen LogP contribution is -2.47. The van der Waals surface area contributed by atoms with Gasteiger partial charge in [-0.3, -0.25) is 0 Å². The molecule has 6 nitrogen and oxygen atoms in total. The highest BCUT2D eigenvalue weighted by molar-refractivity contribution is 5.46. The zero-order valence-electron chi connectivity index (χ0n) is 14.5. The fourth-order valence-corrected chi connectivity index (χ4v) is 3.06. The lowest BCUT2D eigenvalue weighted by Gasteiger charge is -2.38. The summed E-state index contributed by atoms with van der Waals surface area (Å²) >= 11 is 0. The van der Waals surface area contributed by atoms with Crippen molar-refractivity contribution in [3.8, 4) is 23.0 Å². The van der Waals surface area contributed by atoms with Crippen LogP contribution < -0.4 is 18.9 Å². The molecule has 2 N–H and O–H groups in total. The fraction of sp³-hybridized carbons (Fsp3) is 0.368. The monoisotopic (exact) mass is 346 g/mol. The molecule has 1 aliphatic heterocycles. The predicted octanol–water partition coefficient (Wildman–Crippen LogP) is 2.11. The molecule has 0 aliphatic carbocycles. The van der Waals surface area contributed by atoms with Crippen LogP contribution >= 0.6 is 0 Å². The van der Waals surface area contributed by atoms with Gasteiger partial charge < -0.3 is 29.2 Å². The van der Waals surface area contributed by atoms with Crippen molar-refractivity contribution in [2.45, 2.75) is 18.1 Å². The largest absolute Gasteiger partial charge is 0.497 e. The summed E-state index contributed by atoms with van der Waals surface area (Å²) < 4.78 is 21.4. The molecule has 134 valence electrons. The average molecular weight is 346 g/mol. The van der Waals surface area contributed by atoms with E-state index in [0.29, 0.717) is 28.6 Å². The highest BCUT2D eigenvalue weighted by Crippen LogP contribution is 2.41. The van der Waals surface area contributed by atoms with Gasteiger partial charge in [0.25, 0.3) is 0 Å². The molecule has 0 bridgehead atoms. The molecular formula is C19H22O6. The van der Waals surface area contributed by atoms with Gasteiger partial charge in [0.05, 0.1) is 21.3 Å². The summed E-state index contributed by atoms with van der Waals surface area (Å²) in [6.07, 6.45) is -0.866. The number of hydrogen-bond acceptors (Lipinski definition) is 6. The van der Waals surface area contributed by atoms with Crippen LogP contribution in [0, 0.1) is 0 Å². The van der Waals surface area contributed by atoms with E-state index in [-0.39, 0.29) is 13.0 Å². The van der Waals surface area contributed by atoms with Crippen LogP contribution in [0.15, 0.2) is 36.4 Å². The fourth-order valence-electron chi connectivity index (χ4n) is 3.06. The smallest absolute Gasteiger partial charge is 0.160 e. The van der Waals surface area contributed by atoms with Crippen LogP contribution in [0.1, 0.15) is 17.2 Å². The minimum atomic E-state index is -1.44. The molecule has 3 rings (SSSR count). The second-order valence-corrected chi connectivity index (χ2v) is 6.06. The molecule has 0 saturated heterocycles. The van der Waals surface area contributed by atoms with Crippen LogP contribution in [0.5, 0.6) is 23.0 Å². The topological polar surface area (TPSA) is 77.4 Å². The van der Waals surface area contributed by atoms with Crippen LogP contribution in [0.2, 0.25) is 0 Å². The van der Waals surface area contributed by atoms with Gasteiger partial charge in [0.1, 0.15) is 29.8 Å². The SMILES string of the molecule is COc1ccc2c(c1)OC[C@](O)(Cc1ccc(OC)c(OC)c1)[C@H]2O. The molecule has 0 saturated carbocycles. The van der Waals surface area contributed by atoms with E-state index in [1.54, 1.807) is 51.7 Å². The predicted molar refractivity (Wildman–Crippen MR) is 91.6 cm³/mol. The van der Waals surface area contributed by atoms with Crippen LogP contribution in [0.4, 0.5) is 0 Å². The number of methoxy groups -OCH3 is 3. The zero-order chi connectivity index (χ0) is 18.0. The molecule has 2 aromatic rings. The Hall–Kier alpha value is -2.44. The van der Waals surface area contributed by atoms with Gasteiger partial charge in [-0.25, -0.2) is 0 Å². The Morgan fingerprint density at radius 2 is 1.80 bits per heavy atom. The second-order valence-electron chi connectivity index (χ2n) is 6.06. The molecule has 1 aliphatic rings. The lowest BCUT2D eigenvalue weighted by molar-refractivity contribution is -0.114. The van der Waals surface area contributed by atoms with Gasteiger partial charge in [-0.15, -0.1) is 0 Å². The Bertz CT molecular complexity index is 760. The summed E-state index contributed by atoms with van der Waals surface area (Å²) in [6, 6.07) is 10.5. The van der Waals surface area contributed by atoms with Gasteiger partial charge in [-0.1, -0.05) is 6.07 Å². The van der Waals surface area contributed by atoms with Crippen molar-refractivity contribution < 1.29 is 29.2 Å². The standard InChI is InChI=1S/C19H22O6/c1-22-13-5-6-14-16(9-13)25-11-19(21,18(14)20)10-12-4-7-15(23-2)17(8-12)24-3/h4-9,18,20-21H,10-11H2,1-3H3/t18-,19+/m0/s1. The number of fused-ring (bicyclic) bond motifs is 1. The average Bonchev–Trinajstić information content (AvgIpc) is 2.64. The normalized spacial score (nSPS) is 21.9. The van der Waals surface area contributed by atoms with E-state index >= 15 is 0 Å². The molecule has 1 heterocycles. The van der Waals surface area contributed by atoms with Gasteiger partial charge >= 0.3 is 0 Å². The van der Waals surface area contributed by atoms with Crippen molar-refractivity contribution >= 4 is 0 Å². The van der Waals surface area contributed by atoms with Gasteiger partial charge in [-0.05, 0) is 29.8 Å². The van der Waals surface area contributed by atoms with Gasteiger partial charge in [-0.2, -0.15) is 0 Å². The third-order valence-electron chi connectivity index (χ3n) is 4.46. The Morgan fingerprint density at radius 1 is 1.04 bits per heavy atom. The third-order valence-corrected chi connectivity index (χ3v) is 4.46. The van der Waals surface area contributed by atoms with Crippen molar-refractivity contribution in [2.24, 2.45) is 0 Å². The van der Waals surface area contributed by atoms with E-state index in [2.05, 4.69) is 0 Å². The molecule has 0 fully saturated rings. The minimum Gasteiger partial charge on any atom is -0.497 e. The van der Waals surface area contributed by atoms with Crippen LogP contribution in [0.25, 0.3) is 0 Å². The summed E-state index contributed by atoms with van der Waals surface area (Å²) in [5.41, 5.74) is -0.101. The molecule has 25 heavy (non-hydrogen) atoms. The molecular weight excluding hydrogens is 324 g/mol. The maximum atomic E-state index is 11.0. The summed E-state index contributed by atoms with van der Waals surface area (Å²) in [7, 11) is 4.68. The second kappa shape index (κ2) is 6.82. The minimum absolute atomic E-state index is 0.0251. The first-order valence-corrected chi connectivity index (χ1v) is 7.93. The quantitative estimate of drug-likeness (QED) is 0.863. The summed E-state index contributed by atoms with van der Waals surface area (Å²) in [4.78, 5) is 0. The Labute approximate surface area is 146 Å². The highest BCUT2D eigenvalue weighted by Gasteiger charge is 2.42. The molecule has 0 radical (unpaired) electrons. The van der Waals surface area contributed by atoms with E-state index in [0.717, 1.165) is 5.56 Å². The Morgan fingerprint density at radius 3 is 2.48 bits per heavy atom. The Balaban J connectivity index is 1.87. The molecule has 2 aromatic carbocycles. The first kappa shape index (κ1) is 17.4. The molecule has 2 atom stereocenters. The van der Waals surface area contributed by atoms with Crippen molar-refractivity contribution in [3.63, 3.8) is 0 Å². The number of hydrogen-bond donors (Lipinski definition) is 2. The summed E-state index contributed by atoms with van der Waals surface area (Å²) in [5, 5.41) is 21.7. The first-order valence-electron chi connectivity index (χ1n) is 7.93. The van der Waals surface area contributed by atoms with Crippen LogP contribution in [-0.4, -0.2) is 43.8 Å². The van der Waals surface area contributed by atoms with Crippen LogP contribution in [0.3, 0.4) is 0 Å². The van der Waals surface area contributed by atoms with E-state index in [4.69, 9.17) is 18.9 Å². The molecule has 0 aromatic heterocycles. The van der Waals surface area contributed by atoms with Gasteiger partial charge in [0, 0.05) is 18.1 Å². The molecule has 0 amide bonds. The number of ether oxygens (including phenoxy) is 4. The van der Waals surface area contributed by atoms with Gasteiger partial charge in [0.15, 0.2) is 11.5 Å². The van der Waals surface area contributed by atoms with Crippen molar-refractivity contribution in [1.29, 1.82) is 0 Å². The number of benzene rings is 2. The summed E-state index contributed by atoms with van der Waals surface area (Å²) in [6.45, 7) is -0.0251. The number of aliphatic hydroxyl groups excluding tert-OH is 1. The molecule has 0 spiro atoms. The molecule has 0 unspecified atom stereocenters. The van der Waals surface area contributed by atoms with Crippen molar-refractivity contribution in [1.82, 2.24) is 0 Å². The van der Waals surface area contributed by atoms with Gasteiger partial charge in [0.2, 0.25) is 0 Å². The van der Waals surface area contributed by atoms with E-state index in [1.165, 1.54) is 0 Å². The van der Waals surface area contributed by atoms with E-state index in [9.17, 15) is 10.2 Å². The van der Waals surface area contributed by atoms with E-state index in [1.807, 2.05) is 6.07 Å². The van der Waals surface area contributed by atoms with Crippen molar-refractivity contribution in [2.75, 3.05) is 27.9 Å². The lowest BCUT2D eigenvalue weighted by atomic mass is 9.84. The Kier molecular flexibility index (Phi) is 4.74. The third kappa shape index (κ3) is 3.23. The highest BCUT2D eigenvalue weighted by atomic mass is 16.5. The number of rotatable bonds is 5. The van der Waals surface area contributed by atoms with E-state index < -0.39 is 11.7 Å². The van der Waals surface area contributed by atoms with Crippen LogP contribution in [-0.2, 0) is 6.42 Å². The zero-order valence-corrected chi connectivity index (χ0v) is 14.5. The maximum absolute atomic E-state index is 11.0.